The number of hydrogen-bond acceptors (Lipinski definition) is 2. The molecule has 0 spiro atoms. The van der Waals surface area contributed by atoms with E-state index in [9.17, 15) is 13.6 Å². The second kappa shape index (κ2) is 6.10. The van der Waals surface area contributed by atoms with Gasteiger partial charge in [-0.3, -0.25) is 4.79 Å². The van der Waals surface area contributed by atoms with E-state index in [4.69, 9.17) is 0 Å². The summed E-state index contributed by atoms with van der Waals surface area (Å²) in [6, 6.07) is 7.17. The maximum atomic E-state index is 13.8. The molecule has 1 aromatic rings. The number of rotatable bonds is 5. The van der Waals surface area contributed by atoms with Crippen molar-refractivity contribution < 1.29 is 13.6 Å². The van der Waals surface area contributed by atoms with Crippen LogP contribution in [0.25, 0.3) is 0 Å². The monoisotopic (exact) mass is 268 g/mol. The van der Waals surface area contributed by atoms with Gasteiger partial charge < -0.3 is 10.6 Å². The first-order valence-electron chi connectivity index (χ1n) is 6.53. The molecular formula is C14H18F2N2O. The summed E-state index contributed by atoms with van der Waals surface area (Å²) in [5.41, 5.74) is -0.268. The molecule has 2 N–H and O–H groups in total. The van der Waals surface area contributed by atoms with Gasteiger partial charge in [-0.15, -0.1) is 0 Å². The van der Waals surface area contributed by atoms with Gasteiger partial charge in [0.15, 0.2) is 0 Å². The zero-order valence-electron chi connectivity index (χ0n) is 10.7. The SMILES string of the molecule is O=C(NCCC1CCNC1)C(F)(F)c1ccccc1. The molecule has 19 heavy (non-hydrogen) atoms. The largest absolute Gasteiger partial charge is 0.351 e. The Hall–Kier alpha value is -1.49. The van der Waals surface area contributed by atoms with Crippen LogP contribution in [0.15, 0.2) is 30.3 Å². The Kier molecular flexibility index (Phi) is 4.47. The Morgan fingerprint density at radius 1 is 1.37 bits per heavy atom. The maximum absolute atomic E-state index is 13.8. The van der Waals surface area contributed by atoms with Gasteiger partial charge in [-0.25, -0.2) is 0 Å². The van der Waals surface area contributed by atoms with E-state index in [1.165, 1.54) is 24.3 Å². The molecule has 5 heteroatoms. The lowest BCUT2D eigenvalue weighted by atomic mass is 10.0. The van der Waals surface area contributed by atoms with Crippen LogP contribution in [0.2, 0.25) is 0 Å². The van der Waals surface area contributed by atoms with Crippen molar-refractivity contribution in [1.29, 1.82) is 0 Å². The minimum absolute atomic E-state index is 0.268. The number of carbonyl (C=O) groups excluding carboxylic acids is 1. The highest BCUT2D eigenvalue weighted by Gasteiger charge is 2.40. The van der Waals surface area contributed by atoms with Crippen LogP contribution in [0.5, 0.6) is 0 Å². The second-order valence-electron chi connectivity index (χ2n) is 4.84. The third kappa shape index (κ3) is 3.50. The molecule has 0 bridgehead atoms. The molecule has 2 rings (SSSR count). The highest BCUT2D eigenvalue weighted by atomic mass is 19.3. The molecular weight excluding hydrogens is 250 g/mol. The van der Waals surface area contributed by atoms with Crippen LogP contribution in [0.1, 0.15) is 18.4 Å². The maximum Gasteiger partial charge on any atom is 0.349 e. The van der Waals surface area contributed by atoms with Gasteiger partial charge in [0.25, 0.3) is 5.91 Å². The summed E-state index contributed by atoms with van der Waals surface area (Å²) < 4.78 is 27.7. The zero-order chi connectivity index (χ0) is 13.7. The van der Waals surface area contributed by atoms with Crippen LogP contribution in [0.3, 0.4) is 0 Å². The first-order chi connectivity index (χ1) is 9.10. The number of benzene rings is 1. The van der Waals surface area contributed by atoms with Crippen LogP contribution in [-0.2, 0) is 10.7 Å². The van der Waals surface area contributed by atoms with E-state index in [0.717, 1.165) is 25.9 Å². The van der Waals surface area contributed by atoms with E-state index < -0.39 is 11.8 Å². The van der Waals surface area contributed by atoms with E-state index in [-0.39, 0.29) is 5.56 Å². The first kappa shape index (κ1) is 13.9. The second-order valence-corrected chi connectivity index (χ2v) is 4.84. The van der Waals surface area contributed by atoms with Crippen molar-refractivity contribution in [3.8, 4) is 0 Å². The third-order valence-electron chi connectivity index (χ3n) is 3.42. The Bertz CT molecular complexity index is 417. The van der Waals surface area contributed by atoms with Gasteiger partial charge in [0, 0.05) is 12.1 Å². The summed E-state index contributed by atoms with van der Waals surface area (Å²) in [6.07, 6.45) is 1.79. The molecule has 1 amide bonds. The van der Waals surface area contributed by atoms with E-state index in [2.05, 4.69) is 10.6 Å². The molecule has 1 fully saturated rings. The Morgan fingerprint density at radius 2 is 2.11 bits per heavy atom. The number of carbonyl (C=O) groups is 1. The fraction of sp³-hybridized carbons (Fsp3) is 0.500. The fourth-order valence-electron chi connectivity index (χ4n) is 2.24. The summed E-state index contributed by atoms with van der Waals surface area (Å²) in [5, 5.41) is 5.54. The fourth-order valence-corrected chi connectivity index (χ4v) is 2.24. The molecule has 0 radical (unpaired) electrons. The Morgan fingerprint density at radius 3 is 2.74 bits per heavy atom. The lowest BCUT2D eigenvalue weighted by molar-refractivity contribution is -0.147. The molecule has 1 aromatic carbocycles. The highest BCUT2D eigenvalue weighted by Crippen LogP contribution is 2.27. The standard InChI is InChI=1S/C14H18F2N2O/c15-14(16,12-4-2-1-3-5-12)13(19)18-9-7-11-6-8-17-10-11/h1-5,11,17H,6-10H2,(H,18,19). The molecule has 1 atom stereocenters. The van der Waals surface area contributed by atoms with Gasteiger partial charge in [-0.05, 0) is 31.8 Å². The molecule has 1 unspecified atom stereocenters. The molecule has 0 saturated carbocycles. The molecule has 1 saturated heterocycles. The number of halogens is 2. The van der Waals surface area contributed by atoms with Gasteiger partial charge in [0.05, 0.1) is 0 Å². The van der Waals surface area contributed by atoms with Crippen LogP contribution in [0, 0.1) is 5.92 Å². The Labute approximate surface area is 111 Å². The Balaban J connectivity index is 1.84. The lowest BCUT2D eigenvalue weighted by Gasteiger charge is -2.17. The van der Waals surface area contributed by atoms with Crippen molar-refractivity contribution in [1.82, 2.24) is 10.6 Å². The summed E-state index contributed by atoms with van der Waals surface area (Å²) >= 11 is 0. The van der Waals surface area contributed by atoms with Crippen molar-refractivity contribution in [3.63, 3.8) is 0 Å². The predicted octanol–water partition coefficient (Wildman–Crippen LogP) is 1.89. The zero-order valence-corrected chi connectivity index (χ0v) is 10.7. The minimum atomic E-state index is -3.46. The van der Waals surface area contributed by atoms with Gasteiger partial charge in [-0.2, -0.15) is 8.78 Å². The van der Waals surface area contributed by atoms with E-state index >= 15 is 0 Å². The molecule has 0 aromatic heterocycles. The van der Waals surface area contributed by atoms with E-state index in [1.54, 1.807) is 6.07 Å². The number of hydrogen-bond donors (Lipinski definition) is 2. The quantitative estimate of drug-likeness (QED) is 0.856. The highest BCUT2D eigenvalue weighted by molar-refractivity contribution is 5.84. The van der Waals surface area contributed by atoms with Gasteiger partial charge in [-0.1, -0.05) is 30.3 Å². The molecule has 1 aliphatic rings. The van der Waals surface area contributed by atoms with E-state index in [0.29, 0.717) is 12.5 Å². The van der Waals surface area contributed by atoms with Crippen LogP contribution in [0.4, 0.5) is 8.78 Å². The molecule has 3 nitrogen and oxygen atoms in total. The minimum Gasteiger partial charge on any atom is -0.351 e. The first-order valence-corrected chi connectivity index (χ1v) is 6.53. The van der Waals surface area contributed by atoms with Gasteiger partial charge in [0.2, 0.25) is 0 Å². The normalized spacial score (nSPS) is 19.4. The lowest BCUT2D eigenvalue weighted by Crippen LogP contribution is -2.39. The number of nitrogens with one attached hydrogen (secondary N) is 2. The van der Waals surface area contributed by atoms with Gasteiger partial charge in [0.1, 0.15) is 0 Å². The number of alkyl halides is 2. The van der Waals surface area contributed by atoms with Crippen LogP contribution >= 0.6 is 0 Å². The molecule has 1 aliphatic heterocycles. The van der Waals surface area contributed by atoms with Crippen LogP contribution in [-0.4, -0.2) is 25.5 Å². The molecule has 104 valence electrons. The van der Waals surface area contributed by atoms with Crippen molar-refractivity contribution >= 4 is 5.91 Å². The molecule has 1 heterocycles. The topological polar surface area (TPSA) is 41.1 Å². The third-order valence-corrected chi connectivity index (χ3v) is 3.42. The van der Waals surface area contributed by atoms with Gasteiger partial charge >= 0.3 is 5.92 Å². The summed E-state index contributed by atoms with van der Waals surface area (Å²) in [6.45, 7) is 2.18. The molecule has 0 aliphatic carbocycles. The average Bonchev–Trinajstić information content (AvgIpc) is 2.93. The van der Waals surface area contributed by atoms with Crippen molar-refractivity contribution in [2.24, 2.45) is 5.92 Å². The van der Waals surface area contributed by atoms with Crippen LogP contribution < -0.4 is 10.6 Å². The summed E-state index contributed by atoms with van der Waals surface area (Å²) in [5.74, 6) is -4.20. The van der Waals surface area contributed by atoms with Crippen molar-refractivity contribution in [2.45, 2.75) is 18.8 Å². The summed E-state index contributed by atoms with van der Waals surface area (Å²) in [4.78, 5) is 11.6. The smallest absolute Gasteiger partial charge is 0.349 e. The summed E-state index contributed by atoms with van der Waals surface area (Å²) in [7, 11) is 0. The van der Waals surface area contributed by atoms with Crippen molar-refractivity contribution in [3.05, 3.63) is 35.9 Å². The predicted molar refractivity (Wildman–Crippen MR) is 68.9 cm³/mol. The van der Waals surface area contributed by atoms with Crippen molar-refractivity contribution in [2.75, 3.05) is 19.6 Å². The number of amides is 1. The average molecular weight is 268 g/mol. The van der Waals surface area contributed by atoms with E-state index in [1.807, 2.05) is 0 Å².